The van der Waals surface area contributed by atoms with E-state index in [2.05, 4.69) is 39.3 Å². The summed E-state index contributed by atoms with van der Waals surface area (Å²) >= 11 is 9.31. The van der Waals surface area contributed by atoms with Crippen molar-refractivity contribution in [2.24, 2.45) is 9.98 Å². The van der Waals surface area contributed by atoms with Crippen LogP contribution in [0.5, 0.6) is 0 Å². The van der Waals surface area contributed by atoms with Gasteiger partial charge in [-0.1, -0.05) is 17.7 Å². The summed E-state index contributed by atoms with van der Waals surface area (Å²) in [5.41, 5.74) is 2.30. The molecule has 2 nitrogen and oxygen atoms in total. The lowest BCUT2D eigenvalue weighted by Gasteiger charge is -2.05. The van der Waals surface area contributed by atoms with Gasteiger partial charge in [0, 0.05) is 10.0 Å². The highest BCUT2D eigenvalue weighted by Gasteiger charge is 2.05. The zero-order valence-corrected chi connectivity index (χ0v) is 10.6. The first-order valence-electron chi connectivity index (χ1n) is 4.20. The smallest absolute Gasteiger partial charge is 0.0906 e. The number of aliphatic imine (C=N–C) groups is 2. The molecule has 0 heterocycles. The first-order chi connectivity index (χ1) is 7.10. The maximum atomic E-state index is 5.98. The summed E-state index contributed by atoms with van der Waals surface area (Å²) in [5.74, 6) is 0. The molecule has 15 heavy (non-hydrogen) atoms. The highest BCUT2D eigenvalue weighted by Crippen LogP contribution is 2.28. The van der Waals surface area contributed by atoms with Gasteiger partial charge >= 0.3 is 0 Å². The van der Waals surface area contributed by atoms with Crippen LogP contribution in [0.15, 0.2) is 38.4 Å². The molecule has 0 unspecified atom stereocenters. The molecule has 1 aromatic rings. The van der Waals surface area contributed by atoms with Crippen LogP contribution in [0.1, 0.15) is 12.5 Å². The maximum Gasteiger partial charge on any atom is 0.0906 e. The fourth-order valence-corrected chi connectivity index (χ4v) is 1.56. The molecule has 1 aromatic carbocycles. The zero-order chi connectivity index (χ0) is 11.4. The lowest BCUT2D eigenvalue weighted by Crippen LogP contribution is -1.85. The first-order valence-corrected chi connectivity index (χ1v) is 5.37. The number of allylic oxidation sites excluding steroid dienone is 1. The van der Waals surface area contributed by atoms with Crippen molar-refractivity contribution < 1.29 is 0 Å². The molecule has 4 heteroatoms. The number of rotatable bonds is 3. The van der Waals surface area contributed by atoms with Crippen LogP contribution in [0.4, 0.5) is 0 Å². The van der Waals surface area contributed by atoms with Gasteiger partial charge in [0.25, 0.3) is 0 Å². The molecule has 0 aliphatic carbocycles. The van der Waals surface area contributed by atoms with E-state index in [1.54, 1.807) is 0 Å². The lowest BCUT2D eigenvalue weighted by molar-refractivity contribution is 1.29. The fraction of sp³-hybridized carbons (Fsp3) is 0.0909. The van der Waals surface area contributed by atoms with Crippen molar-refractivity contribution in [3.8, 4) is 0 Å². The summed E-state index contributed by atoms with van der Waals surface area (Å²) in [6.07, 6.45) is 0. The molecule has 1 rings (SSSR count). The van der Waals surface area contributed by atoms with Crippen molar-refractivity contribution in [2.75, 3.05) is 0 Å². The molecule has 0 amide bonds. The highest BCUT2D eigenvalue weighted by atomic mass is 79.9. The molecule has 0 fully saturated rings. The van der Waals surface area contributed by atoms with Crippen molar-refractivity contribution in [3.05, 3.63) is 39.0 Å². The molecule has 0 atom stereocenters. The Labute approximate surface area is 103 Å². The highest BCUT2D eigenvalue weighted by molar-refractivity contribution is 9.10. The Bertz CT molecular complexity index is 438. The predicted molar refractivity (Wildman–Crippen MR) is 70.8 cm³/mol. The van der Waals surface area contributed by atoms with Crippen LogP contribution in [-0.4, -0.2) is 13.4 Å². The number of halogens is 2. The Balaban J connectivity index is 3.32. The van der Waals surface area contributed by atoms with E-state index in [4.69, 9.17) is 11.6 Å². The number of hydrogen-bond donors (Lipinski definition) is 0. The molecule has 0 N–H and O–H groups in total. The minimum absolute atomic E-state index is 0.630. The second-order valence-electron chi connectivity index (χ2n) is 2.88. The quantitative estimate of drug-likeness (QED) is 0.744. The van der Waals surface area contributed by atoms with Crippen LogP contribution < -0.4 is 0 Å². The summed E-state index contributed by atoms with van der Waals surface area (Å²) in [4.78, 5) is 7.75. The van der Waals surface area contributed by atoms with Gasteiger partial charge in [-0.2, -0.15) is 0 Å². The SMILES string of the molecule is C=N/C(C)=C(\N=C)c1ccc(Br)c(Cl)c1. The van der Waals surface area contributed by atoms with E-state index in [1.807, 2.05) is 25.1 Å². The van der Waals surface area contributed by atoms with Crippen LogP contribution >= 0.6 is 27.5 Å². The summed E-state index contributed by atoms with van der Waals surface area (Å²) in [6.45, 7) is 8.79. The minimum atomic E-state index is 0.630. The van der Waals surface area contributed by atoms with Gasteiger partial charge in [-0.15, -0.1) is 0 Å². The average Bonchev–Trinajstić information content (AvgIpc) is 2.24. The molecule has 0 saturated carbocycles. The second kappa shape index (κ2) is 5.24. The average molecular weight is 286 g/mol. The summed E-state index contributed by atoms with van der Waals surface area (Å²) in [5, 5.41) is 0.630. The number of nitrogens with zero attached hydrogens (tertiary/aromatic N) is 2. The van der Waals surface area contributed by atoms with Crippen LogP contribution in [0, 0.1) is 0 Å². The van der Waals surface area contributed by atoms with Crippen molar-refractivity contribution in [1.29, 1.82) is 0 Å². The number of benzene rings is 1. The molecule has 0 saturated heterocycles. The fourth-order valence-electron chi connectivity index (χ4n) is 1.13. The maximum absolute atomic E-state index is 5.98. The molecular weight excluding hydrogens is 275 g/mol. The van der Waals surface area contributed by atoms with Gasteiger partial charge in [0.15, 0.2) is 0 Å². The Kier molecular flexibility index (Phi) is 4.24. The van der Waals surface area contributed by atoms with Crippen LogP contribution in [0.2, 0.25) is 5.02 Å². The molecule has 0 bridgehead atoms. The largest absolute Gasteiger partial charge is 0.267 e. The van der Waals surface area contributed by atoms with Crippen molar-refractivity contribution in [3.63, 3.8) is 0 Å². The Morgan fingerprint density at radius 1 is 1.33 bits per heavy atom. The lowest BCUT2D eigenvalue weighted by atomic mass is 10.1. The molecule has 78 valence electrons. The predicted octanol–water partition coefficient (Wildman–Crippen LogP) is 4.19. The molecule has 0 radical (unpaired) electrons. The van der Waals surface area contributed by atoms with Crippen LogP contribution in [0.25, 0.3) is 5.70 Å². The van der Waals surface area contributed by atoms with Gasteiger partial charge in [0.05, 0.1) is 16.4 Å². The van der Waals surface area contributed by atoms with Gasteiger partial charge < -0.3 is 0 Å². The van der Waals surface area contributed by atoms with Gasteiger partial charge in [-0.3, -0.25) is 9.98 Å². The standard InChI is InChI=1S/C11H10BrClN2/c1-7(14-2)11(15-3)8-4-5-9(12)10(13)6-8/h4-6H,2-3H2,1H3/b11-7-. The molecule has 0 spiro atoms. The van der Waals surface area contributed by atoms with Crippen LogP contribution in [0.3, 0.4) is 0 Å². The topological polar surface area (TPSA) is 24.7 Å². The zero-order valence-electron chi connectivity index (χ0n) is 8.30. The van der Waals surface area contributed by atoms with Gasteiger partial charge in [0.1, 0.15) is 0 Å². The molecule has 0 aliphatic rings. The summed E-state index contributed by atoms with van der Waals surface area (Å²) in [7, 11) is 0. The third-order valence-electron chi connectivity index (χ3n) is 1.93. The van der Waals surface area contributed by atoms with E-state index in [1.165, 1.54) is 0 Å². The van der Waals surface area contributed by atoms with Crippen molar-refractivity contribution >= 4 is 46.7 Å². The second-order valence-corrected chi connectivity index (χ2v) is 4.14. The molecular formula is C11H10BrClN2. The Hall–Kier alpha value is -0.930. The van der Waals surface area contributed by atoms with Gasteiger partial charge in [0.2, 0.25) is 0 Å². The van der Waals surface area contributed by atoms with Gasteiger partial charge in [-0.25, -0.2) is 0 Å². The normalized spacial score (nSPS) is 11.9. The number of hydrogen-bond acceptors (Lipinski definition) is 2. The van der Waals surface area contributed by atoms with E-state index >= 15 is 0 Å². The molecule has 0 aromatic heterocycles. The van der Waals surface area contributed by atoms with Crippen LogP contribution in [-0.2, 0) is 0 Å². The third-order valence-corrected chi connectivity index (χ3v) is 3.16. The van der Waals surface area contributed by atoms with Gasteiger partial charge in [-0.05, 0) is 48.4 Å². The van der Waals surface area contributed by atoms with E-state index in [9.17, 15) is 0 Å². The van der Waals surface area contributed by atoms with Crippen molar-refractivity contribution in [1.82, 2.24) is 0 Å². The van der Waals surface area contributed by atoms with E-state index < -0.39 is 0 Å². The monoisotopic (exact) mass is 284 g/mol. The Morgan fingerprint density at radius 3 is 2.47 bits per heavy atom. The third kappa shape index (κ3) is 2.76. The Morgan fingerprint density at radius 2 is 2.00 bits per heavy atom. The summed E-state index contributed by atoms with van der Waals surface area (Å²) < 4.78 is 0.848. The van der Waals surface area contributed by atoms with E-state index in [0.717, 1.165) is 15.7 Å². The minimum Gasteiger partial charge on any atom is -0.267 e. The molecule has 0 aliphatic heterocycles. The van der Waals surface area contributed by atoms with E-state index in [-0.39, 0.29) is 0 Å². The summed E-state index contributed by atoms with van der Waals surface area (Å²) in [6, 6.07) is 5.57. The van der Waals surface area contributed by atoms with Crippen molar-refractivity contribution in [2.45, 2.75) is 6.92 Å². The first kappa shape index (κ1) is 12.1. The van der Waals surface area contributed by atoms with E-state index in [0.29, 0.717) is 10.7 Å².